The number of sulfone groups is 2. The fraction of sp³-hybridized carbons (Fsp3) is 0.111. The highest BCUT2D eigenvalue weighted by molar-refractivity contribution is 7.91. The molecule has 0 bridgehead atoms. The van der Waals surface area contributed by atoms with Crippen LogP contribution in [0.25, 0.3) is 22.4 Å². The highest BCUT2D eigenvalue weighted by atomic mass is 32.2. The molecule has 0 fully saturated rings. The minimum atomic E-state index is -3.49. The molecule has 136 valence electrons. The molecule has 5 nitrogen and oxygen atoms in total. The highest BCUT2D eigenvalue weighted by Crippen LogP contribution is 2.34. The van der Waals surface area contributed by atoms with E-state index in [1.165, 1.54) is 30.3 Å². The third-order valence-electron chi connectivity index (χ3n) is 3.92. The Bertz CT molecular complexity index is 1160. The van der Waals surface area contributed by atoms with Crippen LogP contribution in [-0.2, 0) is 19.7 Å². The maximum absolute atomic E-state index is 13.2. The van der Waals surface area contributed by atoms with Crippen LogP contribution in [0.3, 0.4) is 0 Å². The molecule has 0 unspecified atom stereocenters. The third-order valence-corrected chi connectivity index (χ3v) is 6.07. The average Bonchev–Trinajstić information content (AvgIpc) is 3.00. The molecule has 0 amide bonds. The van der Waals surface area contributed by atoms with Crippen LogP contribution in [0.5, 0.6) is 0 Å². The number of hydrogen-bond acceptors (Lipinski definition) is 4. The van der Waals surface area contributed by atoms with Gasteiger partial charge in [-0.3, -0.25) is 0 Å². The normalized spacial score (nSPS) is 12.3. The molecule has 3 rings (SSSR count). The first-order valence-electron chi connectivity index (χ1n) is 7.55. The van der Waals surface area contributed by atoms with Gasteiger partial charge in [0.1, 0.15) is 10.8 Å². The van der Waals surface area contributed by atoms with E-state index in [2.05, 4.69) is 4.98 Å². The first-order chi connectivity index (χ1) is 12.1. The Morgan fingerprint density at radius 1 is 0.769 bits per heavy atom. The van der Waals surface area contributed by atoms with Crippen LogP contribution in [0.1, 0.15) is 0 Å². The second-order valence-electron chi connectivity index (χ2n) is 6.00. The summed E-state index contributed by atoms with van der Waals surface area (Å²) in [6.07, 6.45) is 2.20. The van der Waals surface area contributed by atoms with Crippen molar-refractivity contribution in [2.24, 2.45) is 0 Å². The van der Waals surface area contributed by atoms with E-state index < -0.39 is 25.5 Å². The van der Waals surface area contributed by atoms with Crippen LogP contribution in [0.15, 0.2) is 64.5 Å². The van der Waals surface area contributed by atoms with E-state index in [0.717, 1.165) is 12.5 Å². The predicted octanol–water partition coefficient (Wildman–Crippen LogP) is 3.29. The zero-order valence-electron chi connectivity index (χ0n) is 14.0. The van der Waals surface area contributed by atoms with Crippen molar-refractivity contribution in [2.45, 2.75) is 9.92 Å². The lowest BCUT2D eigenvalue weighted by molar-refractivity contribution is 0.598. The Kier molecular flexibility index (Phi) is 4.49. The van der Waals surface area contributed by atoms with Crippen molar-refractivity contribution in [3.63, 3.8) is 0 Å². The number of rotatable bonds is 4. The molecule has 1 heterocycles. The molecule has 8 heteroatoms. The Hall–Kier alpha value is -2.45. The standard InChI is InChI=1S/C18H16FNO4S2/c1-25(21,22)15-9-5-13(6-10-15)18-16(11-17(20-18)26(2,23)24)12-3-7-14(19)8-4-12/h3-11,20H,1-2H3. The van der Waals surface area contributed by atoms with Gasteiger partial charge in [-0.2, -0.15) is 0 Å². The second-order valence-corrected chi connectivity index (χ2v) is 10.00. The van der Waals surface area contributed by atoms with Gasteiger partial charge in [0.05, 0.1) is 10.6 Å². The van der Waals surface area contributed by atoms with Crippen LogP contribution in [0.4, 0.5) is 4.39 Å². The summed E-state index contributed by atoms with van der Waals surface area (Å²) in [6.45, 7) is 0. The highest BCUT2D eigenvalue weighted by Gasteiger charge is 2.18. The minimum Gasteiger partial charge on any atom is -0.345 e. The Labute approximate surface area is 151 Å². The summed E-state index contributed by atoms with van der Waals surface area (Å²) in [5.74, 6) is -0.397. The van der Waals surface area contributed by atoms with E-state index in [9.17, 15) is 21.2 Å². The van der Waals surface area contributed by atoms with Crippen molar-refractivity contribution in [3.8, 4) is 22.4 Å². The summed E-state index contributed by atoms with van der Waals surface area (Å²) < 4.78 is 60.3. The fourth-order valence-corrected chi connectivity index (χ4v) is 3.83. The quantitative estimate of drug-likeness (QED) is 0.737. The first-order valence-corrected chi connectivity index (χ1v) is 11.3. The van der Waals surface area contributed by atoms with Crippen molar-refractivity contribution >= 4 is 19.7 Å². The monoisotopic (exact) mass is 393 g/mol. The Morgan fingerprint density at radius 3 is 1.81 bits per heavy atom. The molecule has 1 aromatic heterocycles. The SMILES string of the molecule is CS(=O)(=O)c1ccc(-c2[nH]c(S(C)(=O)=O)cc2-c2ccc(F)cc2)cc1. The molecule has 0 aliphatic heterocycles. The molecule has 0 atom stereocenters. The zero-order valence-corrected chi connectivity index (χ0v) is 15.7. The van der Waals surface area contributed by atoms with E-state index in [1.54, 1.807) is 24.3 Å². The van der Waals surface area contributed by atoms with Crippen LogP contribution in [-0.4, -0.2) is 34.3 Å². The van der Waals surface area contributed by atoms with Crippen molar-refractivity contribution in [1.29, 1.82) is 0 Å². The van der Waals surface area contributed by atoms with Gasteiger partial charge in [0.25, 0.3) is 0 Å². The molecule has 1 N–H and O–H groups in total. The molecular weight excluding hydrogens is 377 g/mol. The van der Waals surface area contributed by atoms with Crippen molar-refractivity contribution in [2.75, 3.05) is 12.5 Å². The van der Waals surface area contributed by atoms with Crippen molar-refractivity contribution < 1.29 is 21.2 Å². The molecule has 0 spiro atoms. The molecule has 2 aromatic carbocycles. The summed E-state index contributed by atoms with van der Waals surface area (Å²) in [5.41, 5.74) is 2.35. The molecule has 0 radical (unpaired) electrons. The van der Waals surface area contributed by atoms with Crippen LogP contribution >= 0.6 is 0 Å². The maximum Gasteiger partial charge on any atom is 0.190 e. The largest absolute Gasteiger partial charge is 0.345 e. The molecule has 0 saturated heterocycles. The van der Waals surface area contributed by atoms with Gasteiger partial charge in [0.15, 0.2) is 19.7 Å². The van der Waals surface area contributed by atoms with E-state index in [1.807, 2.05) is 0 Å². The molecule has 26 heavy (non-hydrogen) atoms. The second kappa shape index (κ2) is 6.37. The molecule has 0 saturated carbocycles. The number of halogens is 1. The molecule has 3 aromatic rings. The van der Waals surface area contributed by atoms with Crippen LogP contribution < -0.4 is 0 Å². The summed E-state index contributed by atoms with van der Waals surface area (Å²) in [4.78, 5) is 3.04. The molecule has 0 aliphatic rings. The Balaban J connectivity index is 2.19. The number of benzene rings is 2. The number of hydrogen-bond donors (Lipinski definition) is 1. The summed E-state index contributed by atoms with van der Waals surface area (Å²) >= 11 is 0. The summed E-state index contributed by atoms with van der Waals surface area (Å²) in [5, 5.41) is 0.0269. The summed E-state index contributed by atoms with van der Waals surface area (Å²) in [6, 6.07) is 13.3. The van der Waals surface area contributed by atoms with Gasteiger partial charge in [0.2, 0.25) is 0 Å². The smallest absolute Gasteiger partial charge is 0.190 e. The van der Waals surface area contributed by atoms with Gasteiger partial charge in [-0.15, -0.1) is 0 Å². The lowest BCUT2D eigenvalue weighted by Crippen LogP contribution is -1.97. The molecule has 0 aliphatic carbocycles. The number of H-pyrrole nitrogens is 1. The fourth-order valence-electron chi connectivity index (χ4n) is 2.58. The van der Waals surface area contributed by atoms with Gasteiger partial charge in [0, 0.05) is 18.1 Å². The average molecular weight is 393 g/mol. The minimum absolute atomic E-state index is 0.0269. The van der Waals surface area contributed by atoms with Gasteiger partial charge < -0.3 is 4.98 Å². The van der Waals surface area contributed by atoms with E-state index in [-0.39, 0.29) is 9.92 Å². The van der Waals surface area contributed by atoms with Gasteiger partial charge in [-0.05, 0) is 41.5 Å². The molecular formula is C18H16FNO4S2. The van der Waals surface area contributed by atoms with Gasteiger partial charge in [-0.25, -0.2) is 21.2 Å². The van der Waals surface area contributed by atoms with Gasteiger partial charge >= 0.3 is 0 Å². The van der Waals surface area contributed by atoms with Crippen LogP contribution in [0, 0.1) is 5.82 Å². The maximum atomic E-state index is 13.2. The Morgan fingerprint density at radius 2 is 1.31 bits per heavy atom. The number of nitrogens with one attached hydrogen (secondary N) is 1. The topological polar surface area (TPSA) is 84.1 Å². The predicted molar refractivity (Wildman–Crippen MR) is 97.8 cm³/mol. The van der Waals surface area contributed by atoms with Crippen molar-refractivity contribution in [1.82, 2.24) is 4.98 Å². The third kappa shape index (κ3) is 3.71. The van der Waals surface area contributed by atoms with E-state index in [4.69, 9.17) is 0 Å². The van der Waals surface area contributed by atoms with Crippen molar-refractivity contribution in [3.05, 3.63) is 60.4 Å². The number of aromatic nitrogens is 1. The first kappa shape index (κ1) is 18.3. The van der Waals surface area contributed by atoms with E-state index >= 15 is 0 Å². The van der Waals surface area contributed by atoms with Crippen LogP contribution in [0.2, 0.25) is 0 Å². The number of aromatic amines is 1. The van der Waals surface area contributed by atoms with Gasteiger partial charge in [-0.1, -0.05) is 24.3 Å². The lowest BCUT2D eigenvalue weighted by Gasteiger charge is -2.06. The lowest BCUT2D eigenvalue weighted by atomic mass is 10.0. The van der Waals surface area contributed by atoms with E-state index in [0.29, 0.717) is 22.4 Å². The zero-order chi connectivity index (χ0) is 19.1. The summed E-state index contributed by atoms with van der Waals surface area (Å²) in [7, 11) is -6.82.